The van der Waals surface area contributed by atoms with Crippen molar-refractivity contribution in [3.63, 3.8) is 0 Å². The molecule has 0 aromatic heterocycles. The van der Waals surface area contributed by atoms with Gasteiger partial charge in [0, 0.05) is 17.8 Å². The fraction of sp³-hybridized carbons (Fsp3) is 0.150. The predicted molar refractivity (Wildman–Crippen MR) is 101 cm³/mol. The molecule has 0 atom stereocenters. The topological polar surface area (TPSA) is 58.6 Å². The Morgan fingerprint density at radius 1 is 1.16 bits per heavy atom. The summed E-state index contributed by atoms with van der Waals surface area (Å²) in [6, 6.07) is 17.0. The molecule has 0 saturated carbocycles. The van der Waals surface area contributed by atoms with Gasteiger partial charge in [-0.3, -0.25) is 0 Å². The van der Waals surface area contributed by atoms with Gasteiger partial charge in [-0.1, -0.05) is 41.9 Å². The van der Waals surface area contributed by atoms with Gasteiger partial charge in [0.15, 0.2) is 0 Å². The Morgan fingerprint density at radius 2 is 1.96 bits per heavy atom. The third-order valence-electron chi connectivity index (χ3n) is 3.96. The number of carbonyl (C=O) groups is 1. The summed E-state index contributed by atoms with van der Waals surface area (Å²) in [5.74, 6) is -0.227. The molecule has 0 aliphatic heterocycles. The highest BCUT2D eigenvalue weighted by Gasteiger charge is 2.11. The highest BCUT2D eigenvalue weighted by Crippen LogP contribution is 2.29. The summed E-state index contributed by atoms with van der Waals surface area (Å²) in [5.41, 5.74) is 1.80. The molecule has 0 unspecified atom stereocenters. The number of ether oxygens (including phenoxy) is 1. The first-order valence-corrected chi connectivity index (χ1v) is 8.38. The first-order chi connectivity index (χ1) is 12.1. The molecule has 5 heteroatoms. The van der Waals surface area contributed by atoms with E-state index >= 15 is 0 Å². The van der Waals surface area contributed by atoms with E-state index in [1.54, 1.807) is 12.1 Å². The van der Waals surface area contributed by atoms with Gasteiger partial charge in [0.25, 0.3) is 0 Å². The second-order valence-corrected chi connectivity index (χ2v) is 5.96. The summed E-state index contributed by atoms with van der Waals surface area (Å²) < 4.78 is 5.76. The normalized spacial score (nSPS) is 10.6. The molecule has 0 radical (unpaired) electrons. The molecule has 3 aromatic carbocycles. The lowest BCUT2D eigenvalue weighted by Crippen LogP contribution is -2.05. The van der Waals surface area contributed by atoms with E-state index in [0.29, 0.717) is 18.8 Å². The maximum Gasteiger partial charge on any atom is 0.337 e. The lowest BCUT2D eigenvalue weighted by Gasteiger charge is -2.15. The number of nitrogens with one attached hydrogen (secondary N) is 1. The van der Waals surface area contributed by atoms with Crippen molar-refractivity contribution in [1.82, 2.24) is 0 Å². The fourth-order valence-corrected chi connectivity index (χ4v) is 2.98. The molecule has 2 N–H and O–H groups in total. The molecule has 0 fully saturated rings. The Labute approximate surface area is 151 Å². The van der Waals surface area contributed by atoms with E-state index in [1.807, 2.05) is 31.2 Å². The Kier molecular flexibility index (Phi) is 5.10. The van der Waals surface area contributed by atoms with Crippen LogP contribution in [-0.2, 0) is 6.54 Å². The van der Waals surface area contributed by atoms with Crippen molar-refractivity contribution in [1.29, 1.82) is 0 Å². The molecular weight excluding hydrogens is 338 g/mol. The minimum absolute atomic E-state index is 0.0784. The molecule has 0 aliphatic rings. The maximum absolute atomic E-state index is 11.2. The van der Waals surface area contributed by atoms with Gasteiger partial charge >= 0.3 is 5.97 Å². The van der Waals surface area contributed by atoms with E-state index in [4.69, 9.17) is 16.3 Å². The van der Waals surface area contributed by atoms with Gasteiger partial charge in [-0.15, -0.1) is 0 Å². The number of fused-ring (bicyclic) bond motifs is 1. The van der Waals surface area contributed by atoms with E-state index in [0.717, 1.165) is 22.1 Å². The minimum Gasteiger partial charge on any atom is -0.494 e. The van der Waals surface area contributed by atoms with Gasteiger partial charge in [0.2, 0.25) is 0 Å². The zero-order valence-corrected chi connectivity index (χ0v) is 14.5. The smallest absolute Gasteiger partial charge is 0.337 e. The molecular formula is C20H18ClNO3. The molecule has 0 bridgehead atoms. The molecule has 3 rings (SSSR count). The SMILES string of the molecule is CCOc1ccc2ccccc2c1CNc1ccc(Cl)c(C(=O)O)c1. The van der Waals surface area contributed by atoms with Crippen molar-refractivity contribution in [3.05, 3.63) is 70.7 Å². The van der Waals surface area contributed by atoms with E-state index in [-0.39, 0.29) is 10.6 Å². The van der Waals surface area contributed by atoms with Crippen LogP contribution in [0.25, 0.3) is 10.8 Å². The number of aromatic carboxylic acids is 1. The third kappa shape index (κ3) is 3.69. The number of benzene rings is 3. The predicted octanol–water partition coefficient (Wildman–Crippen LogP) is 5.20. The number of halogens is 1. The molecule has 128 valence electrons. The number of carboxylic acid groups (broad SMARTS) is 1. The quantitative estimate of drug-likeness (QED) is 0.637. The molecule has 25 heavy (non-hydrogen) atoms. The lowest BCUT2D eigenvalue weighted by molar-refractivity contribution is 0.0697. The summed E-state index contributed by atoms with van der Waals surface area (Å²) in [6.45, 7) is 3.04. The van der Waals surface area contributed by atoms with E-state index in [1.165, 1.54) is 6.07 Å². The van der Waals surface area contributed by atoms with Gasteiger partial charge in [-0.05, 0) is 42.0 Å². The summed E-state index contributed by atoms with van der Waals surface area (Å²) in [7, 11) is 0. The van der Waals surface area contributed by atoms with Gasteiger partial charge in [-0.25, -0.2) is 4.79 Å². The van der Waals surface area contributed by atoms with Crippen molar-refractivity contribution in [2.75, 3.05) is 11.9 Å². The van der Waals surface area contributed by atoms with Crippen molar-refractivity contribution in [2.24, 2.45) is 0 Å². The van der Waals surface area contributed by atoms with Crippen LogP contribution < -0.4 is 10.1 Å². The highest BCUT2D eigenvalue weighted by molar-refractivity contribution is 6.33. The third-order valence-corrected chi connectivity index (χ3v) is 4.29. The van der Waals surface area contributed by atoms with Crippen LogP contribution in [-0.4, -0.2) is 17.7 Å². The number of anilines is 1. The van der Waals surface area contributed by atoms with Gasteiger partial charge < -0.3 is 15.2 Å². The number of hydrogen-bond donors (Lipinski definition) is 2. The van der Waals surface area contributed by atoms with Gasteiger partial charge in [0.05, 0.1) is 17.2 Å². The fourth-order valence-electron chi connectivity index (χ4n) is 2.78. The molecule has 0 amide bonds. The minimum atomic E-state index is -1.05. The van der Waals surface area contributed by atoms with Crippen molar-refractivity contribution in [2.45, 2.75) is 13.5 Å². The van der Waals surface area contributed by atoms with Crippen LogP contribution >= 0.6 is 11.6 Å². The summed E-state index contributed by atoms with van der Waals surface area (Å²) in [6.07, 6.45) is 0. The van der Waals surface area contributed by atoms with Crippen LogP contribution in [0.15, 0.2) is 54.6 Å². The van der Waals surface area contributed by atoms with E-state index in [2.05, 4.69) is 17.4 Å². The Morgan fingerprint density at radius 3 is 2.72 bits per heavy atom. The van der Waals surface area contributed by atoms with Crippen molar-refractivity contribution < 1.29 is 14.6 Å². The number of hydrogen-bond acceptors (Lipinski definition) is 3. The average Bonchev–Trinajstić information content (AvgIpc) is 2.61. The zero-order valence-electron chi connectivity index (χ0n) is 13.8. The summed E-state index contributed by atoms with van der Waals surface area (Å²) >= 11 is 5.92. The monoisotopic (exact) mass is 355 g/mol. The summed E-state index contributed by atoms with van der Waals surface area (Å²) in [5, 5.41) is 14.9. The van der Waals surface area contributed by atoms with E-state index < -0.39 is 5.97 Å². The standard InChI is InChI=1S/C20H18ClNO3/c1-2-25-19-10-7-13-5-3-4-6-15(13)17(19)12-22-14-8-9-18(21)16(11-14)20(23)24/h3-11,22H,2,12H2,1H3,(H,23,24). The summed E-state index contributed by atoms with van der Waals surface area (Å²) in [4.78, 5) is 11.2. The molecule has 0 heterocycles. The molecule has 3 aromatic rings. The zero-order chi connectivity index (χ0) is 17.8. The first-order valence-electron chi connectivity index (χ1n) is 8.00. The van der Waals surface area contributed by atoms with Gasteiger partial charge in [0.1, 0.15) is 5.75 Å². The molecule has 4 nitrogen and oxygen atoms in total. The highest BCUT2D eigenvalue weighted by atomic mass is 35.5. The number of carboxylic acids is 1. The second kappa shape index (κ2) is 7.45. The van der Waals surface area contributed by atoms with E-state index in [9.17, 15) is 9.90 Å². The van der Waals surface area contributed by atoms with Crippen LogP contribution in [0.2, 0.25) is 5.02 Å². The molecule has 0 aliphatic carbocycles. The lowest BCUT2D eigenvalue weighted by atomic mass is 10.0. The molecule has 0 saturated heterocycles. The first kappa shape index (κ1) is 17.1. The average molecular weight is 356 g/mol. The van der Waals surface area contributed by atoms with Crippen LogP contribution in [0.1, 0.15) is 22.8 Å². The van der Waals surface area contributed by atoms with Crippen LogP contribution in [0.5, 0.6) is 5.75 Å². The van der Waals surface area contributed by atoms with Crippen molar-refractivity contribution >= 4 is 34.0 Å². The van der Waals surface area contributed by atoms with Crippen LogP contribution in [0, 0.1) is 0 Å². The van der Waals surface area contributed by atoms with Crippen molar-refractivity contribution in [3.8, 4) is 5.75 Å². The second-order valence-electron chi connectivity index (χ2n) is 5.55. The largest absolute Gasteiger partial charge is 0.494 e. The Hall–Kier alpha value is -2.72. The number of rotatable bonds is 6. The maximum atomic E-state index is 11.2. The van der Waals surface area contributed by atoms with Crippen LogP contribution in [0.4, 0.5) is 5.69 Å². The molecule has 0 spiro atoms. The van der Waals surface area contributed by atoms with Crippen LogP contribution in [0.3, 0.4) is 0 Å². The Balaban J connectivity index is 1.94. The van der Waals surface area contributed by atoms with Gasteiger partial charge in [-0.2, -0.15) is 0 Å². The Bertz CT molecular complexity index is 924.